The summed E-state index contributed by atoms with van der Waals surface area (Å²) in [4.78, 5) is 44.3. The zero-order valence-electron chi connectivity index (χ0n) is 22.2. The molecule has 4 N–H and O–H groups in total. The second-order valence-corrected chi connectivity index (χ2v) is 9.93. The average Bonchev–Trinajstić information content (AvgIpc) is 3.38. The van der Waals surface area contributed by atoms with Gasteiger partial charge in [-0.3, -0.25) is 9.59 Å². The van der Waals surface area contributed by atoms with Crippen molar-refractivity contribution in [2.75, 3.05) is 18.9 Å². The van der Waals surface area contributed by atoms with E-state index >= 15 is 0 Å². The molecule has 2 aliphatic heterocycles. The average molecular weight is 554 g/mol. The molecule has 2 aliphatic rings. The van der Waals surface area contributed by atoms with Gasteiger partial charge in [0.2, 0.25) is 0 Å². The number of hydrogen-bond donors (Lipinski definition) is 3. The Morgan fingerprint density at radius 2 is 1.90 bits per heavy atom. The summed E-state index contributed by atoms with van der Waals surface area (Å²) in [6, 6.07) is 16.0. The monoisotopic (exact) mass is 553 g/mol. The van der Waals surface area contributed by atoms with Crippen LogP contribution < -0.4 is 11.3 Å². The smallest absolute Gasteiger partial charge is 0.343 e. The second kappa shape index (κ2) is 9.95. The summed E-state index contributed by atoms with van der Waals surface area (Å²) in [7, 11) is 0. The van der Waals surface area contributed by atoms with Gasteiger partial charge in [0, 0.05) is 27.6 Å². The number of aromatic nitrogens is 2. The third-order valence-electron chi connectivity index (χ3n) is 7.68. The van der Waals surface area contributed by atoms with Crippen LogP contribution >= 0.6 is 0 Å². The molecule has 1 atom stereocenters. The number of benzene rings is 2. The Morgan fingerprint density at radius 1 is 1.17 bits per heavy atom. The van der Waals surface area contributed by atoms with Crippen LogP contribution in [0.15, 0.2) is 64.5 Å². The highest BCUT2D eigenvalue weighted by Crippen LogP contribution is 2.44. The van der Waals surface area contributed by atoms with E-state index in [0.29, 0.717) is 33.6 Å². The van der Waals surface area contributed by atoms with E-state index in [2.05, 4.69) is 5.10 Å². The predicted molar refractivity (Wildman–Crippen MR) is 151 cm³/mol. The minimum Gasteiger partial charge on any atom is -0.458 e. The van der Waals surface area contributed by atoms with Crippen LogP contribution in [0.5, 0.6) is 0 Å². The molecule has 0 spiro atoms. The highest BCUT2D eigenvalue weighted by molar-refractivity contribution is 6.04. The SMILES string of the molecule is CC[C@@]1(O)C(=O)OCc2c1c(N)c1n(c2=O)Cc2c-1nc1ccccc1c2/C=N/N(CCO)C(=O)c1ccccc1. The first-order valence-electron chi connectivity index (χ1n) is 13.2. The van der Waals surface area contributed by atoms with E-state index < -0.39 is 17.1 Å². The first kappa shape index (κ1) is 26.4. The summed E-state index contributed by atoms with van der Waals surface area (Å²) in [5, 5.41) is 27.3. The molecule has 2 aromatic heterocycles. The number of para-hydroxylation sites is 1. The fourth-order valence-corrected chi connectivity index (χ4v) is 5.59. The molecule has 1 amide bonds. The van der Waals surface area contributed by atoms with E-state index in [9.17, 15) is 24.6 Å². The molecular weight excluding hydrogens is 526 g/mol. The number of fused-ring (bicyclic) bond motifs is 5. The number of aliphatic hydroxyl groups excluding tert-OH is 1. The van der Waals surface area contributed by atoms with Crippen LogP contribution in [0.4, 0.5) is 5.69 Å². The molecular formula is C30H27N5O6. The molecule has 2 aromatic carbocycles. The Morgan fingerprint density at radius 3 is 2.63 bits per heavy atom. The van der Waals surface area contributed by atoms with Crippen LogP contribution in [-0.4, -0.2) is 56.0 Å². The van der Waals surface area contributed by atoms with Crippen molar-refractivity contribution in [1.29, 1.82) is 0 Å². The number of nitrogen functional groups attached to an aromatic ring is 1. The van der Waals surface area contributed by atoms with Crippen molar-refractivity contribution in [2.45, 2.75) is 32.1 Å². The highest BCUT2D eigenvalue weighted by Gasteiger charge is 2.47. The normalized spacial score (nSPS) is 17.3. The number of cyclic esters (lactones) is 1. The van der Waals surface area contributed by atoms with Gasteiger partial charge in [-0.1, -0.05) is 43.3 Å². The molecule has 11 nitrogen and oxygen atoms in total. The van der Waals surface area contributed by atoms with Gasteiger partial charge in [-0.2, -0.15) is 5.10 Å². The molecule has 0 saturated carbocycles. The first-order chi connectivity index (χ1) is 19.8. The van der Waals surface area contributed by atoms with Gasteiger partial charge in [0.25, 0.3) is 11.5 Å². The van der Waals surface area contributed by atoms with Crippen LogP contribution in [-0.2, 0) is 28.3 Å². The number of anilines is 1. The Balaban J connectivity index is 1.55. The van der Waals surface area contributed by atoms with Crippen molar-refractivity contribution in [2.24, 2.45) is 5.10 Å². The number of hydrogen-bond acceptors (Lipinski definition) is 9. The van der Waals surface area contributed by atoms with Crippen molar-refractivity contribution >= 4 is 34.7 Å². The van der Waals surface area contributed by atoms with Gasteiger partial charge in [0.05, 0.1) is 54.1 Å². The minimum atomic E-state index is -2.06. The number of amides is 1. The maximum atomic E-state index is 13.7. The Kier molecular flexibility index (Phi) is 6.40. The van der Waals surface area contributed by atoms with E-state index in [1.165, 1.54) is 15.8 Å². The topological polar surface area (TPSA) is 160 Å². The number of carbonyl (C=O) groups is 2. The molecule has 0 fully saturated rings. The third kappa shape index (κ3) is 4.00. The summed E-state index contributed by atoms with van der Waals surface area (Å²) < 4.78 is 6.63. The van der Waals surface area contributed by atoms with Crippen molar-refractivity contribution in [3.8, 4) is 11.4 Å². The summed E-state index contributed by atoms with van der Waals surface area (Å²) in [5.41, 5.74) is 7.42. The number of rotatable bonds is 6. The van der Waals surface area contributed by atoms with E-state index in [-0.39, 0.29) is 55.4 Å². The fourth-order valence-electron chi connectivity index (χ4n) is 5.59. The molecule has 6 rings (SSSR count). The van der Waals surface area contributed by atoms with E-state index in [0.717, 1.165) is 5.39 Å². The maximum absolute atomic E-state index is 13.7. The standard InChI is InChI=1S/C30H27N5O6/c1-2-30(40)23-21(16-41-29(30)39)28(38)34-15-20-19(14-32-35(12-13-36)27(37)17-8-4-3-5-9-17)18-10-6-7-11-22(18)33-25(20)26(34)24(23)31/h3-11,14,36,40H,2,12-13,15-16,31H2,1H3/b32-14+/t30-/m0/s1. The van der Waals surface area contributed by atoms with Gasteiger partial charge in [-0.05, 0) is 24.6 Å². The molecule has 0 saturated heterocycles. The number of aliphatic hydroxyl groups is 2. The lowest BCUT2D eigenvalue weighted by Crippen LogP contribution is -2.45. The largest absolute Gasteiger partial charge is 0.458 e. The quantitative estimate of drug-likeness (QED) is 0.164. The molecule has 11 heteroatoms. The Labute approximate surface area is 234 Å². The number of ether oxygens (including phenoxy) is 1. The molecule has 41 heavy (non-hydrogen) atoms. The summed E-state index contributed by atoms with van der Waals surface area (Å²) in [6.07, 6.45) is 1.50. The van der Waals surface area contributed by atoms with E-state index in [4.69, 9.17) is 15.5 Å². The van der Waals surface area contributed by atoms with Crippen LogP contribution in [0.2, 0.25) is 0 Å². The molecule has 0 aliphatic carbocycles. The van der Waals surface area contributed by atoms with Crippen LogP contribution in [0.1, 0.15) is 46.0 Å². The van der Waals surface area contributed by atoms with Crippen molar-refractivity contribution < 1.29 is 24.5 Å². The number of pyridine rings is 2. The van der Waals surface area contributed by atoms with Crippen LogP contribution in [0.25, 0.3) is 22.3 Å². The first-order valence-corrected chi connectivity index (χ1v) is 13.2. The minimum absolute atomic E-state index is 0.0294. The molecule has 0 unspecified atom stereocenters. The summed E-state index contributed by atoms with van der Waals surface area (Å²) >= 11 is 0. The van der Waals surface area contributed by atoms with Gasteiger partial charge in [0.1, 0.15) is 6.61 Å². The zero-order chi connectivity index (χ0) is 28.9. The summed E-state index contributed by atoms with van der Waals surface area (Å²) in [6.45, 7) is 1.10. The number of nitrogens with zero attached hydrogens (tertiary/aromatic N) is 4. The summed E-state index contributed by atoms with van der Waals surface area (Å²) in [5.74, 6) is -1.24. The molecule has 0 radical (unpaired) electrons. The molecule has 4 heterocycles. The van der Waals surface area contributed by atoms with Crippen molar-refractivity contribution in [3.63, 3.8) is 0 Å². The van der Waals surface area contributed by atoms with Crippen LogP contribution in [0, 0.1) is 0 Å². The highest BCUT2D eigenvalue weighted by atomic mass is 16.6. The van der Waals surface area contributed by atoms with Crippen molar-refractivity contribution in [1.82, 2.24) is 14.6 Å². The third-order valence-corrected chi connectivity index (χ3v) is 7.68. The lowest BCUT2D eigenvalue weighted by atomic mass is 9.84. The van der Waals surface area contributed by atoms with Gasteiger partial charge in [-0.15, -0.1) is 0 Å². The van der Waals surface area contributed by atoms with Gasteiger partial charge in [0.15, 0.2) is 5.60 Å². The lowest BCUT2D eigenvalue weighted by Gasteiger charge is -2.33. The van der Waals surface area contributed by atoms with Crippen LogP contribution in [0.3, 0.4) is 0 Å². The van der Waals surface area contributed by atoms with Gasteiger partial charge >= 0.3 is 5.97 Å². The molecule has 0 bridgehead atoms. The number of hydrazone groups is 1. The van der Waals surface area contributed by atoms with Gasteiger partial charge < -0.3 is 25.3 Å². The number of nitrogens with two attached hydrogens (primary N) is 1. The van der Waals surface area contributed by atoms with Gasteiger partial charge in [-0.25, -0.2) is 14.8 Å². The van der Waals surface area contributed by atoms with E-state index in [1.54, 1.807) is 37.3 Å². The predicted octanol–water partition coefficient (Wildman–Crippen LogP) is 2.13. The molecule has 208 valence electrons. The zero-order valence-corrected chi connectivity index (χ0v) is 22.2. The Hall–Kier alpha value is -4.87. The fraction of sp³-hybridized carbons (Fsp3) is 0.233. The Bertz CT molecular complexity index is 1820. The lowest BCUT2D eigenvalue weighted by molar-refractivity contribution is -0.172. The maximum Gasteiger partial charge on any atom is 0.343 e. The molecule has 4 aromatic rings. The number of carbonyl (C=O) groups excluding carboxylic acids is 2. The second-order valence-electron chi connectivity index (χ2n) is 9.93. The van der Waals surface area contributed by atoms with E-state index in [1.807, 2.05) is 24.3 Å². The number of esters is 1. The van der Waals surface area contributed by atoms with Crippen molar-refractivity contribution in [3.05, 3.63) is 92.8 Å².